The minimum Gasteiger partial charge on any atom is -0.469 e. The van der Waals surface area contributed by atoms with Gasteiger partial charge in [0.15, 0.2) is 0 Å². The molecular weight excluding hydrogens is 709 g/mol. The number of thiophene rings is 1. The van der Waals surface area contributed by atoms with E-state index >= 15 is 0 Å². The maximum Gasteiger partial charge on any atom is 0.413 e. The van der Waals surface area contributed by atoms with Crippen LogP contribution in [0.4, 0.5) is 16.2 Å². The Morgan fingerprint density at radius 2 is 1.57 bits per heavy atom. The first kappa shape index (κ1) is 41.5. The third kappa shape index (κ3) is 12.7. The van der Waals surface area contributed by atoms with Gasteiger partial charge < -0.3 is 20.5 Å². The van der Waals surface area contributed by atoms with Gasteiger partial charge in [-0.3, -0.25) is 20.3 Å². The van der Waals surface area contributed by atoms with Crippen molar-refractivity contribution in [2.45, 2.75) is 112 Å². The van der Waals surface area contributed by atoms with E-state index in [1.54, 1.807) is 57.4 Å². The highest BCUT2D eigenvalue weighted by Crippen LogP contribution is 2.39. The molecule has 0 fully saturated rings. The summed E-state index contributed by atoms with van der Waals surface area (Å²) in [7, 11) is -2.65. The Morgan fingerprint density at radius 1 is 0.941 bits per heavy atom. The summed E-state index contributed by atoms with van der Waals surface area (Å²) in [6.45, 7) is 6.98. The Kier molecular flexibility index (Phi) is 15.6. The number of amides is 2. The Balaban J connectivity index is 1.71. The van der Waals surface area contributed by atoms with Crippen LogP contribution in [-0.4, -0.2) is 51.2 Å². The first-order chi connectivity index (χ1) is 24.0. The van der Waals surface area contributed by atoms with Gasteiger partial charge in [0, 0.05) is 24.1 Å². The quantitative estimate of drug-likeness (QED) is 0.0262. The molecule has 278 valence electrons. The molecule has 0 bridgehead atoms. The number of nitrogens with one attached hydrogen (secondary N) is 3. The zero-order chi connectivity index (χ0) is 37.8. The van der Waals surface area contributed by atoms with Gasteiger partial charge in [-0.05, 0) is 88.3 Å². The normalized spacial score (nSPS) is 11.6. The van der Waals surface area contributed by atoms with Crippen LogP contribution in [0.2, 0.25) is 0 Å². The fourth-order valence-electron chi connectivity index (χ4n) is 5.45. The summed E-state index contributed by atoms with van der Waals surface area (Å²) in [5.74, 6) is -0.577. The number of hydrogen-bond acceptors (Lipinski definition) is 11. The number of rotatable bonds is 17. The van der Waals surface area contributed by atoms with Crippen molar-refractivity contribution in [3.05, 3.63) is 52.9 Å². The predicted molar refractivity (Wildman–Crippen MR) is 206 cm³/mol. The number of unbranched alkanes of at least 4 members (excludes halogenated alkanes) is 7. The molecule has 0 atom stereocenters. The van der Waals surface area contributed by atoms with Gasteiger partial charge in [0.25, 0.3) is 0 Å². The molecule has 2 aromatic carbocycles. The zero-order valence-electron chi connectivity index (χ0n) is 30.3. The number of hydrogen-bond donors (Lipinski definition) is 4. The lowest BCUT2D eigenvalue weighted by Crippen LogP contribution is -2.36. The van der Waals surface area contributed by atoms with Crippen molar-refractivity contribution in [2.24, 2.45) is 0 Å². The summed E-state index contributed by atoms with van der Waals surface area (Å²) >= 11 is 2.33. The highest BCUT2D eigenvalue weighted by atomic mass is 32.2. The van der Waals surface area contributed by atoms with Crippen LogP contribution in [0, 0.1) is 12.3 Å². The summed E-state index contributed by atoms with van der Waals surface area (Å²) in [6.07, 6.45) is 9.54. The Morgan fingerprint density at radius 3 is 2.18 bits per heavy atom. The van der Waals surface area contributed by atoms with Gasteiger partial charge in [-0.1, -0.05) is 50.7 Å². The number of methoxy groups -OCH3 is 1. The molecule has 5 N–H and O–H groups in total. The molecule has 3 rings (SSSR count). The van der Waals surface area contributed by atoms with Crippen LogP contribution in [0.3, 0.4) is 0 Å². The lowest BCUT2D eigenvalue weighted by atomic mass is 9.97. The fraction of sp³-hybridized carbons (Fsp3) is 0.459. The van der Waals surface area contributed by atoms with E-state index in [-0.39, 0.29) is 32.4 Å². The van der Waals surface area contributed by atoms with E-state index in [9.17, 15) is 22.8 Å². The third-order valence-electron chi connectivity index (χ3n) is 7.84. The predicted octanol–water partition coefficient (Wildman–Crippen LogP) is 8.72. The molecule has 51 heavy (non-hydrogen) atoms. The number of amidine groups is 1. The zero-order valence-corrected chi connectivity index (χ0v) is 32.7. The minimum atomic E-state index is -4.05. The van der Waals surface area contributed by atoms with Crippen molar-refractivity contribution < 1.29 is 32.3 Å². The highest BCUT2D eigenvalue weighted by Gasteiger charge is 2.27. The van der Waals surface area contributed by atoms with Crippen LogP contribution in [-0.2, 0) is 28.9 Å². The minimum absolute atomic E-state index is 0.0315. The Hall–Kier alpha value is -3.88. The molecule has 0 unspecified atom stereocenters. The number of anilines is 2. The van der Waals surface area contributed by atoms with Crippen molar-refractivity contribution in [3.63, 3.8) is 0 Å². The molecule has 14 heteroatoms. The van der Waals surface area contributed by atoms with E-state index in [1.807, 2.05) is 6.92 Å². The van der Waals surface area contributed by atoms with Crippen LogP contribution in [0.1, 0.15) is 95.4 Å². The number of carbonyl (C=O) groups is 3. The number of ether oxygens (including phenoxy) is 2. The van der Waals surface area contributed by atoms with Gasteiger partial charge in [-0.25, -0.2) is 13.2 Å². The molecule has 0 aliphatic carbocycles. The number of nitrogens with two attached hydrogens (primary N) is 1. The van der Waals surface area contributed by atoms with E-state index in [1.165, 1.54) is 31.0 Å². The molecule has 0 saturated carbocycles. The average Bonchev–Trinajstić information content (AvgIpc) is 3.50. The van der Waals surface area contributed by atoms with E-state index in [4.69, 9.17) is 15.9 Å². The number of thioether (sulfide) groups is 1. The van der Waals surface area contributed by atoms with E-state index < -0.39 is 21.5 Å². The lowest BCUT2D eigenvalue weighted by molar-refractivity contribution is -0.140. The van der Waals surface area contributed by atoms with Gasteiger partial charge in [-0.15, -0.1) is 23.1 Å². The summed E-state index contributed by atoms with van der Waals surface area (Å²) in [4.78, 5) is 36.8. The van der Waals surface area contributed by atoms with Crippen molar-refractivity contribution in [3.8, 4) is 11.1 Å². The molecule has 3 aromatic rings. The molecule has 0 radical (unpaired) electrons. The molecule has 0 spiro atoms. The molecule has 2 amide bonds. The molecule has 1 heterocycles. The smallest absolute Gasteiger partial charge is 0.413 e. The number of nitrogen functional groups attached to an aromatic ring is 1. The summed E-state index contributed by atoms with van der Waals surface area (Å²) < 4.78 is 38.5. The number of sulfone groups is 1. The molecular formula is C37H50N4O7S3. The monoisotopic (exact) mass is 758 g/mol. The second-order valence-electron chi connectivity index (χ2n) is 13.2. The van der Waals surface area contributed by atoms with E-state index in [0.717, 1.165) is 68.3 Å². The van der Waals surface area contributed by atoms with Gasteiger partial charge >= 0.3 is 12.1 Å². The fourth-order valence-corrected chi connectivity index (χ4v) is 9.40. The van der Waals surface area contributed by atoms with Gasteiger partial charge in [0.05, 0.1) is 31.7 Å². The standard InChI is InChI=1S/C37H50N4O7S3/c1-24-20-26(38)22-28(40-31(42)18-13-11-9-7-8-10-12-14-19-32(43)47-5)33(24)25-16-15-17-27(21-25)51(45,46)30-23-29(50-35(30)49-6)34(39)41-36(44)48-37(2,3)4/h15-17,20-23H,7-14,18-19,38H2,1-6H3,(H,40,42)(H2,39,41,44). The van der Waals surface area contributed by atoms with Gasteiger partial charge in [-0.2, -0.15) is 0 Å². The molecule has 0 aliphatic heterocycles. The second-order valence-corrected chi connectivity index (χ2v) is 17.3. The van der Waals surface area contributed by atoms with Crippen LogP contribution in [0.5, 0.6) is 0 Å². The lowest BCUT2D eigenvalue weighted by Gasteiger charge is -2.19. The number of alkyl carbamates (subject to hydrolysis) is 1. The van der Waals surface area contributed by atoms with Crippen LogP contribution in [0.25, 0.3) is 11.1 Å². The largest absolute Gasteiger partial charge is 0.469 e. The Bertz CT molecular complexity index is 1810. The van der Waals surface area contributed by atoms with E-state index in [0.29, 0.717) is 39.6 Å². The topological polar surface area (TPSA) is 178 Å². The number of benzene rings is 2. The van der Waals surface area contributed by atoms with Crippen molar-refractivity contribution in [1.82, 2.24) is 5.32 Å². The van der Waals surface area contributed by atoms with Crippen LogP contribution >= 0.6 is 23.1 Å². The number of carbonyl (C=O) groups excluding carboxylic acids is 3. The van der Waals surface area contributed by atoms with Gasteiger partial charge in [0.1, 0.15) is 11.4 Å². The SMILES string of the molecule is COC(=O)CCCCCCCCCCC(=O)Nc1cc(N)cc(C)c1-c1cccc(S(=O)(=O)c2cc(C(=N)NC(=O)OC(C)(C)C)sc2SC)c1. The van der Waals surface area contributed by atoms with E-state index in [2.05, 4.69) is 15.4 Å². The number of esters is 1. The molecule has 0 aliphatic rings. The average molecular weight is 759 g/mol. The number of aryl methyl sites for hydroxylation is 1. The summed E-state index contributed by atoms with van der Waals surface area (Å²) in [5, 5.41) is 13.8. The third-order valence-corrected chi connectivity index (χ3v) is 12.2. The van der Waals surface area contributed by atoms with Crippen molar-refractivity contribution in [1.29, 1.82) is 5.41 Å². The van der Waals surface area contributed by atoms with Crippen molar-refractivity contribution >= 4 is 68.1 Å². The van der Waals surface area contributed by atoms with Gasteiger partial charge in [0.2, 0.25) is 15.7 Å². The highest BCUT2D eigenvalue weighted by molar-refractivity contribution is 8.01. The van der Waals surface area contributed by atoms with Crippen molar-refractivity contribution in [2.75, 3.05) is 24.4 Å². The Labute approximate surface area is 309 Å². The maximum atomic E-state index is 14.0. The maximum absolute atomic E-state index is 14.0. The molecule has 1 aromatic heterocycles. The first-order valence-corrected chi connectivity index (χ1v) is 20.5. The van der Waals surface area contributed by atoms with Crippen LogP contribution < -0.4 is 16.4 Å². The second kappa shape index (κ2) is 19.1. The van der Waals surface area contributed by atoms with Crippen LogP contribution in [0.15, 0.2) is 56.5 Å². The summed E-state index contributed by atoms with van der Waals surface area (Å²) in [5.41, 5.74) is 8.43. The first-order valence-electron chi connectivity index (χ1n) is 16.9. The molecule has 0 saturated heterocycles. The molecule has 11 nitrogen and oxygen atoms in total. The summed E-state index contributed by atoms with van der Waals surface area (Å²) in [6, 6.07) is 11.4.